The highest BCUT2D eigenvalue weighted by atomic mass is 19.4. The number of likely N-dealkylation sites (tertiary alicyclic amines) is 1. The molecule has 1 saturated heterocycles. The van der Waals surface area contributed by atoms with Crippen molar-refractivity contribution >= 4 is 6.09 Å². The summed E-state index contributed by atoms with van der Waals surface area (Å²) in [4.78, 5) is 13.9. The van der Waals surface area contributed by atoms with Crippen LogP contribution in [-0.4, -0.2) is 36.3 Å². The Labute approximate surface area is 170 Å². The predicted octanol–water partition coefficient (Wildman–Crippen LogP) is 6.00. The summed E-state index contributed by atoms with van der Waals surface area (Å²) < 4.78 is 50.8. The highest BCUT2D eigenvalue weighted by Gasteiger charge is 2.48. The molecule has 1 aromatic rings. The summed E-state index contributed by atoms with van der Waals surface area (Å²) in [7, 11) is 0. The van der Waals surface area contributed by atoms with Crippen molar-refractivity contribution in [2.24, 2.45) is 5.41 Å². The summed E-state index contributed by atoms with van der Waals surface area (Å²) in [6.07, 6.45) is -1.25. The van der Waals surface area contributed by atoms with E-state index < -0.39 is 17.3 Å². The van der Waals surface area contributed by atoms with Crippen LogP contribution in [0, 0.1) is 5.41 Å². The van der Waals surface area contributed by atoms with Crippen LogP contribution in [0.5, 0.6) is 5.75 Å². The van der Waals surface area contributed by atoms with E-state index >= 15 is 0 Å². The monoisotopic (exact) mass is 413 g/mol. The van der Waals surface area contributed by atoms with Crippen LogP contribution in [0.3, 0.4) is 0 Å². The zero-order valence-corrected chi connectivity index (χ0v) is 17.6. The molecule has 0 aromatic heterocycles. The maximum Gasteiger partial charge on any atom is 0.419 e. The van der Waals surface area contributed by atoms with Gasteiger partial charge in [-0.15, -0.1) is 0 Å². The lowest BCUT2D eigenvalue weighted by molar-refractivity contribution is -0.139. The number of carbonyl (C=O) groups is 1. The summed E-state index contributed by atoms with van der Waals surface area (Å²) in [6.45, 7) is 8.75. The van der Waals surface area contributed by atoms with Crippen LogP contribution in [0.2, 0.25) is 0 Å². The Morgan fingerprint density at radius 3 is 2.31 bits per heavy atom. The first-order chi connectivity index (χ1) is 13.4. The fourth-order valence-electron chi connectivity index (χ4n) is 4.40. The van der Waals surface area contributed by atoms with E-state index in [9.17, 15) is 18.0 Å². The highest BCUT2D eigenvalue weighted by Crippen LogP contribution is 2.49. The van der Waals surface area contributed by atoms with Gasteiger partial charge in [0.2, 0.25) is 0 Å². The molecule has 1 amide bonds. The van der Waals surface area contributed by atoms with Crippen molar-refractivity contribution < 1.29 is 27.4 Å². The third kappa shape index (κ3) is 4.98. The zero-order valence-electron chi connectivity index (χ0n) is 17.6. The van der Waals surface area contributed by atoms with E-state index in [1.165, 1.54) is 12.1 Å². The largest absolute Gasteiger partial charge is 0.493 e. The summed E-state index contributed by atoms with van der Waals surface area (Å²) in [6, 6.07) is 4.46. The van der Waals surface area contributed by atoms with Crippen molar-refractivity contribution in [3.05, 3.63) is 29.3 Å². The van der Waals surface area contributed by atoms with E-state index in [0.717, 1.165) is 31.2 Å². The molecule has 0 radical (unpaired) electrons. The molecule has 0 bridgehead atoms. The van der Waals surface area contributed by atoms with Crippen molar-refractivity contribution in [1.82, 2.24) is 4.90 Å². The van der Waals surface area contributed by atoms with Gasteiger partial charge >= 0.3 is 12.3 Å². The second-order valence-electron chi connectivity index (χ2n) is 9.30. The average molecular weight is 413 g/mol. The summed E-state index contributed by atoms with van der Waals surface area (Å²) in [5, 5.41) is 0. The Hall–Kier alpha value is -1.92. The van der Waals surface area contributed by atoms with Crippen LogP contribution in [-0.2, 0) is 10.9 Å². The molecule has 1 aromatic carbocycles. The summed E-state index contributed by atoms with van der Waals surface area (Å²) >= 11 is 0. The minimum Gasteiger partial charge on any atom is -0.493 e. The Kier molecular flexibility index (Phi) is 5.80. The maximum absolute atomic E-state index is 13.4. The quantitative estimate of drug-likeness (QED) is 0.610. The molecule has 0 N–H and O–H groups in total. The van der Waals surface area contributed by atoms with Gasteiger partial charge in [-0.05, 0) is 77.0 Å². The first-order valence-electron chi connectivity index (χ1n) is 10.2. The number of benzene rings is 1. The van der Waals surface area contributed by atoms with Gasteiger partial charge in [-0.2, -0.15) is 13.2 Å². The normalized spacial score (nSPS) is 19.8. The number of alkyl halides is 3. The molecular formula is C22H30F3NO3. The lowest BCUT2D eigenvalue weighted by Gasteiger charge is -2.53. The maximum atomic E-state index is 13.4. The molecule has 3 rings (SSSR count). The van der Waals surface area contributed by atoms with Crippen molar-refractivity contribution in [3.8, 4) is 5.75 Å². The van der Waals surface area contributed by atoms with Gasteiger partial charge in [0.05, 0.1) is 12.2 Å². The van der Waals surface area contributed by atoms with Crippen molar-refractivity contribution in [2.45, 2.75) is 71.1 Å². The van der Waals surface area contributed by atoms with Crippen molar-refractivity contribution in [3.63, 3.8) is 0 Å². The van der Waals surface area contributed by atoms with Crippen molar-refractivity contribution in [2.75, 3.05) is 19.7 Å². The summed E-state index contributed by atoms with van der Waals surface area (Å²) in [5.41, 5.74) is -0.400. The van der Waals surface area contributed by atoms with Crippen LogP contribution in [0.25, 0.3) is 0 Å². The van der Waals surface area contributed by atoms with E-state index in [4.69, 9.17) is 9.47 Å². The van der Waals surface area contributed by atoms with Gasteiger partial charge in [-0.25, -0.2) is 4.79 Å². The third-order valence-electron chi connectivity index (χ3n) is 5.83. The first-order valence-corrected chi connectivity index (χ1v) is 10.2. The molecule has 1 aliphatic carbocycles. The Bertz CT molecular complexity index is 739. The number of nitrogens with zero attached hydrogens (tertiary/aromatic N) is 1. The van der Waals surface area contributed by atoms with Gasteiger partial charge in [-0.3, -0.25) is 0 Å². The molecule has 7 heteroatoms. The fraction of sp³-hybridized carbons (Fsp3) is 0.682. The van der Waals surface area contributed by atoms with E-state index in [0.29, 0.717) is 13.1 Å². The molecule has 0 unspecified atom stereocenters. The zero-order chi connectivity index (χ0) is 21.4. The Morgan fingerprint density at radius 2 is 1.79 bits per heavy atom. The molecule has 4 nitrogen and oxygen atoms in total. The van der Waals surface area contributed by atoms with Gasteiger partial charge < -0.3 is 14.4 Å². The predicted molar refractivity (Wildman–Crippen MR) is 104 cm³/mol. The number of carbonyl (C=O) groups excluding carboxylic acids is 1. The van der Waals surface area contributed by atoms with Crippen LogP contribution in [0.4, 0.5) is 18.0 Å². The van der Waals surface area contributed by atoms with Crippen LogP contribution in [0.1, 0.15) is 70.4 Å². The van der Waals surface area contributed by atoms with E-state index in [1.807, 2.05) is 20.8 Å². The molecule has 2 aliphatic rings. The molecule has 1 heterocycles. The molecular weight excluding hydrogens is 383 g/mol. The number of halogens is 3. The second kappa shape index (κ2) is 7.73. The van der Waals surface area contributed by atoms with Crippen LogP contribution >= 0.6 is 0 Å². The number of rotatable bonds is 3. The van der Waals surface area contributed by atoms with Gasteiger partial charge in [0.1, 0.15) is 11.4 Å². The Balaban J connectivity index is 1.61. The standard InChI is InChI=1S/C22H30F3NO3/c1-5-28-18-7-6-16(12-17(18)22(23,24)25)15-8-10-21(11-9-15)13-26(14-21)19(27)29-20(2,3)4/h6-7,12,15H,5,8-11,13-14H2,1-4H3. The second-order valence-corrected chi connectivity index (χ2v) is 9.30. The molecule has 2 fully saturated rings. The number of hydrogen-bond donors (Lipinski definition) is 0. The lowest BCUT2D eigenvalue weighted by atomic mass is 9.65. The fourth-order valence-corrected chi connectivity index (χ4v) is 4.40. The average Bonchev–Trinajstić information content (AvgIpc) is 2.58. The van der Waals surface area contributed by atoms with Gasteiger partial charge in [-0.1, -0.05) is 6.07 Å². The van der Waals surface area contributed by atoms with Gasteiger partial charge in [0, 0.05) is 18.5 Å². The molecule has 1 aliphatic heterocycles. The van der Waals surface area contributed by atoms with Crippen molar-refractivity contribution in [1.29, 1.82) is 0 Å². The molecule has 1 saturated carbocycles. The molecule has 1 spiro atoms. The number of hydrogen-bond acceptors (Lipinski definition) is 3. The highest BCUT2D eigenvalue weighted by molar-refractivity contribution is 5.69. The van der Waals surface area contributed by atoms with E-state index in [-0.39, 0.29) is 29.8 Å². The van der Waals surface area contributed by atoms with Crippen LogP contribution < -0.4 is 4.74 Å². The van der Waals surface area contributed by atoms with Gasteiger partial charge in [0.15, 0.2) is 0 Å². The number of amides is 1. The molecule has 29 heavy (non-hydrogen) atoms. The minimum atomic E-state index is -4.43. The van der Waals surface area contributed by atoms with Crippen LogP contribution in [0.15, 0.2) is 18.2 Å². The summed E-state index contributed by atoms with van der Waals surface area (Å²) in [5.74, 6) is -0.00370. The first kappa shape index (κ1) is 21.8. The third-order valence-corrected chi connectivity index (χ3v) is 5.83. The van der Waals surface area contributed by atoms with Gasteiger partial charge in [0.25, 0.3) is 0 Å². The SMILES string of the molecule is CCOc1ccc(C2CCC3(CC2)CN(C(=O)OC(C)(C)C)C3)cc1C(F)(F)F. The Morgan fingerprint density at radius 1 is 1.17 bits per heavy atom. The smallest absolute Gasteiger partial charge is 0.419 e. The molecule has 162 valence electrons. The topological polar surface area (TPSA) is 38.8 Å². The minimum absolute atomic E-state index is 0.0888. The van der Waals surface area contributed by atoms with E-state index in [2.05, 4.69) is 0 Å². The lowest BCUT2D eigenvalue weighted by Crippen LogP contribution is -2.60. The van der Waals surface area contributed by atoms with E-state index in [1.54, 1.807) is 17.9 Å². The number of ether oxygens (including phenoxy) is 2. The molecule has 0 atom stereocenters.